The van der Waals surface area contributed by atoms with Gasteiger partial charge in [0.05, 0.1) is 0 Å². The van der Waals surface area contributed by atoms with Crippen molar-refractivity contribution < 1.29 is 4.79 Å². The van der Waals surface area contributed by atoms with Gasteiger partial charge in [0.25, 0.3) is 0 Å². The fraction of sp³-hybridized carbons (Fsp3) is 0.562. The highest BCUT2D eigenvalue weighted by molar-refractivity contribution is 6.36. The average Bonchev–Trinajstić information content (AvgIpc) is 3.00. The molecule has 2 nitrogen and oxygen atoms in total. The molecule has 4 heteroatoms. The summed E-state index contributed by atoms with van der Waals surface area (Å²) in [5, 5.41) is 4.48. The maximum absolute atomic E-state index is 12.1. The van der Waals surface area contributed by atoms with Crippen LogP contribution in [0.3, 0.4) is 0 Å². The van der Waals surface area contributed by atoms with Crippen LogP contribution in [0.25, 0.3) is 0 Å². The van der Waals surface area contributed by atoms with Gasteiger partial charge in [0.1, 0.15) is 0 Å². The molecule has 2 bridgehead atoms. The smallest absolute Gasteiger partial charge is 0.220 e. The van der Waals surface area contributed by atoms with Crippen molar-refractivity contribution in [1.82, 2.24) is 5.32 Å². The molecule has 108 valence electrons. The number of fused-ring (bicyclic) bond motifs is 2. The van der Waals surface area contributed by atoms with Gasteiger partial charge in [0, 0.05) is 22.5 Å². The Morgan fingerprint density at radius 3 is 2.55 bits per heavy atom. The predicted octanol–water partition coefficient (Wildman–Crippen LogP) is 4.23. The van der Waals surface area contributed by atoms with Crippen molar-refractivity contribution in [3.05, 3.63) is 33.8 Å². The number of nitrogens with one attached hydrogen (secondary N) is 1. The van der Waals surface area contributed by atoms with Crippen LogP contribution in [-0.4, -0.2) is 11.9 Å². The van der Waals surface area contributed by atoms with Gasteiger partial charge in [0.15, 0.2) is 0 Å². The van der Waals surface area contributed by atoms with Crippen molar-refractivity contribution in [2.45, 2.75) is 44.6 Å². The maximum atomic E-state index is 12.1. The summed E-state index contributed by atoms with van der Waals surface area (Å²) in [7, 11) is 0. The van der Waals surface area contributed by atoms with E-state index in [4.69, 9.17) is 23.2 Å². The molecule has 2 saturated carbocycles. The third kappa shape index (κ3) is 2.96. The van der Waals surface area contributed by atoms with Crippen molar-refractivity contribution in [3.63, 3.8) is 0 Å². The first kappa shape index (κ1) is 14.2. The molecule has 3 rings (SSSR count). The minimum absolute atomic E-state index is 0.124. The number of hydrogen-bond donors (Lipinski definition) is 1. The van der Waals surface area contributed by atoms with E-state index in [-0.39, 0.29) is 5.91 Å². The molecule has 2 aliphatic carbocycles. The monoisotopic (exact) mass is 311 g/mol. The highest BCUT2D eigenvalue weighted by Crippen LogP contribution is 2.44. The first-order valence-electron chi connectivity index (χ1n) is 7.35. The van der Waals surface area contributed by atoms with Crippen molar-refractivity contribution in [3.8, 4) is 0 Å². The summed E-state index contributed by atoms with van der Waals surface area (Å²) in [6, 6.07) is 5.86. The maximum Gasteiger partial charge on any atom is 0.220 e. The molecule has 2 aliphatic rings. The number of benzene rings is 1. The Hall–Kier alpha value is -0.730. The van der Waals surface area contributed by atoms with E-state index in [9.17, 15) is 4.79 Å². The lowest BCUT2D eigenvalue weighted by Gasteiger charge is -2.23. The third-order valence-corrected chi connectivity index (χ3v) is 5.46. The summed E-state index contributed by atoms with van der Waals surface area (Å²) in [5.74, 6) is 1.69. The normalized spacial score (nSPS) is 27.8. The highest BCUT2D eigenvalue weighted by Gasteiger charge is 2.39. The second kappa shape index (κ2) is 5.95. The minimum atomic E-state index is 0.124. The highest BCUT2D eigenvalue weighted by atomic mass is 35.5. The Labute approximate surface area is 129 Å². The van der Waals surface area contributed by atoms with Gasteiger partial charge >= 0.3 is 0 Å². The molecule has 0 spiro atoms. The van der Waals surface area contributed by atoms with E-state index in [0.29, 0.717) is 34.8 Å². The SMILES string of the molecule is O=C(CCc1c(Cl)cccc1Cl)N[C@H]1C[C@@H]2CC[C@@H]1C2. The first-order chi connectivity index (χ1) is 9.63. The molecule has 20 heavy (non-hydrogen) atoms. The molecule has 1 N–H and O–H groups in total. The largest absolute Gasteiger partial charge is 0.353 e. The Morgan fingerprint density at radius 1 is 1.20 bits per heavy atom. The summed E-state index contributed by atoms with van der Waals surface area (Å²) in [4.78, 5) is 12.1. The minimum Gasteiger partial charge on any atom is -0.353 e. The molecule has 0 unspecified atom stereocenters. The standard InChI is InChI=1S/C16H19Cl2NO/c17-13-2-1-3-14(18)12(13)6-7-16(20)19-15-9-10-4-5-11(15)8-10/h1-3,10-11,15H,4-9H2,(H,19,20)/t10-,11-,15+/m1/s1. The van der Waals surface area contributed by atoms with Gasteiger partial charge in [0.2, 0.25) is 5.91 Å². The lowest BCUT2D eigenvalue weighted by molar-refractivity contribution is -0.122. The van der Waals surface area contributed by atoms with Gasteiger partial charge in [-0.2, -0.15) is 0 Å². The van der Waals surface area contributed by atoms with Crippen LogP contribution in [0.2, 0.25) is 10.0 Å². The average molecular weight is 312 g/mol. The summed E-state index contributed by atoms with van der Waals surface area (Å²) >= 11 is 12.2. The zero-order chi connectivity index (χ0) is 14.1. The number of carbonyl (C=O) groups is 1. The Morgan fingerprint density at radius 2 is 1.95 bits per heavy atom. The van der Waals surface area contributed by atoms with Crippen LogP contribution in [0.4, 0.5) is 0 Å². The van der Waals surface area contributed by atoms with Crippen LogP contribution in [-0.2, 0) is 11.2 Å². The molecule has 2 fully saturated rings. The van der Waals surface area contributed by atoms with Crippen LogP contribution in [0, 0.1) is 11.8 Å². The first-order valence-corrected chi connectivity index (χ1v) is 8.11. The van der Waals surface area contributed by atoms with Crippen molar-refractivity contribution >= 4 is 29.1 Å². The van der Waals surface area contributed by atoms with Crippen LogP contribution in [0.1, 0.15) is 37.7 Å². The van der Waals surface area contributed by atoms with Gasteiger partial charge < -0.3 is 5.32 Å². The third-order valence-electron chi connectivity index (χ3n) is 4.75. The van der Waals surface area contributed by atoms with Crippen molar-refractivity contribution in [2.24, 2.45) is 11.8 Å². The van der Waals surface area contributed by atoms with E-state index < -0.39 is 0 Å². The van der Waals surface area contributed by atoms with Crippen LogP contribution in [0.5, 0.6) is 0 Å². The number of hydrogen-bond acceptors (Lipinski definition) is 1. The second-order valence-electron chi connectivity index (χ2n) is 6.05. The molecule has 1 aromatic rings. The second-order valence-corrected chi connectivity index (χ2v) is 6.86. The molecule has 0 aromatic heterocycles. The van der Waals surface area contributed by atoms with E-state index in [2.05, 4.69) is 5.32 Å². The summed E-state index contributed by atoms with van der Waals surface area (Å²) in [6.07, 6.45) is 6.17. The number of rotatable bonds is 4. The summed E-state index contributed by atoms with van der Waals surface area (Å²) in [6.45, 7) is 0. The number of halogens is 2. The molecule has 0 heterocycles. The number of amides is 1. The van der Waals surface area contributed by atoms with Crippen molar-refractivity contribution in [1.29, 1.82) is 0 Å². The fourth-order valence-electron chi connectivity index (χ4n) is 3.71. The topological polar surface area (TPSA) is 29.1 Å². The molecule has 1 amide bonds. The van der Waals surface area contributed by atoms with Crippen molar-refractivity contribution in [2.75, 3.05) is 0 Å². The zero-order valence-electron chi connectivity index (χ0n) is 11.4. The van der Waals surface area contributed by atoms with Crippen LogP contribution < -0.4 is 5.32 Å². The van der Waals surface area contributed by atoms with Gasteiger partial charge in [-0.05, 0) is 55.2 Å². The molecule has 1 aromatic carbocycles. The summed E-state index contributed by atoms with van der Waals surface area (Å²) < 4.78 is 0. The molecular weight excluding hydrogens is 293 g/mol. The molecule has 3 atom stereocenters. The molecule has 0 saturated heterocycles. The van der Waals surface area contributed by atoms with Gasteiger partial charge in [-0.15, -0.1) is 0 Å². The molecule has 0 radical (unpaired) electrons. The van der Waals surface area contributed by atoms with Gasteiger partial charge in [-0.25, -0.2) is 0 Å². The summed E-state index contributed by atoms with van der Waals surface area (Å²) in [5.41, 5.74) is 0.874. The van der Waals surface area contributed by atoms with E-state index >= 15 is 0 Å². The zero-order valence-corrected chi connectivity index (χ0v) is 12.9. The van der Waals surface area contributed by atoms with Gasteiger partial charge in [-0.3, -0.25) is 4.79 Å². The van der Waals surface area contributed by atoms with E-state index in [1.807, 2.05) is 18.2 Å². The lowest BCUT2D eigenvalue weighted by atomic mass is 9.95. The van der Waals surface area contributed by atoms with Gasteiger partial charge in [-0.1, -0.05) is 35.7 Å². The Balaban J connectivity index is 1.52. The lowest BCUT2D eigenvalue weighted by Crippen LogP contribution is -2.38. The molecule has 0 aliphatic heterocycles. The molecular formula is C16H19Cl2NO. The van der Waals surface area contributed by atoms with Crippen LogP contribution >= 0.6 is 23.2 Å². The van der Waals surface area contributed by atoms with Crippen LogP contribution in [0.15, 0.2) is 18.2 Å². The quantitative estimate of drug-likeness (QED) is 0.885. The Kier molecular flexibility index (Phi) is 4.23. The van der Waals surface area contributed by atoms with E-state index in [1.54, 1.807) is 0 Å². The van der Waals surface area contributed by atoms with E-state index in [1.165, 1.54) is 25.7 Å². The van der Waals surface area contributed by atoms with E-state index in [0.717, 1.165) is 11.5 Å². The number of carbonyl (C=O) groups excluding carboxylic acids is 1. The fourth-order valence-corrected chi connectivity index (χ4v) is 4.30. The predicted molar refractivity (Wildman–Crippen MR) is 82.2 cm³/mol. The Bertz CT molecular complexity index is 497.